The van der Waals surface area contributed by atoms with Crippen molar-refractivity contribution in [2.45, 2.75) is 58.8 Å². The van der Waals surface area contributed by atoms with E-state index >= 15 is 4.39 Å². The minimum absolute atomic E-state index is 0.0278. The fourth-order valence-corrected chi connectivity index (χ4v) is 5.13. The van der Waals surface area contributed by atoms with E-state index in [9.17, 15) is 18.7 Å². The van der Waals surface area contributed by atoms with Crippen molar-refractivity contribution in [2.75, 3.05) is 11.9 Å². The molecule has 0 bridgehead atoms. The summed E-state index contributed by atoms with van der Waals surface area (Å²) in [4.78, 5) is 18.9. The van der Waals surface area contributed by atoms with Gasteiger partial charge in [0.15, 0.2) is 11.6 Å². The Kier molecular flexibility index (Phi) is 7.80. The summed E-state index contributed by atoms with van der Waals surface area (Å²) in [7, 11) is 0. The highest BCUT2D eigenvalue weighted by molar-refractivity contribution is 6.30. The third-order valence-electron chi connectivity index (χ3n) is 7.00. The van der Waals surface area contributed by atoms with Gasteiger partial charge in [-0.05, 0) is 52.3 Å². The molecule has 1 aliphatic rings. The molecule has 7 nitrogen and oxygen atoms in total. The molecule has 3 aromatic rings. The molecule has 0 aliphatic carbocycles. The molecule has 4 rings (SSSR count). The van der Waals surface area contributed by atoms with Crippen LogP contribution in [0.15, 0.2) is 30.3 Å². The second-order valence-electron chi connectivity index (χ2n) is 9.78. The highest BCUT2D eigenvalue weighted by Crippen LogP contribution is 2.40. The molecule has 1 unspecified atom stereocenters. The van der Waals surface area contributed by atoms with Crippen LogP contribution in [0, 0.1) is 24.0 Å². The molecule has 0 radical (unpaired) electrons. The van der Waals surface area contributed by atoms with Gasteiger partial charge in [0, 0.05) is 41.9 Å². The molecule has 3 heterocycles. The number of hydrogen-bond acceptors (Lipinski definition) is 5. The van der Waals surface area contributed by atoms with Crippen LogP contribution in [0.25, 0.3) is 0 Å². The Morgan fingerprint density at radius 1 is 1.32 bits per heavy atom. The van der Waals surface area contributed by atoms with Crippen molar-refractivity contribution < 1.29 is 23.1 Å². The van der Waals surface area contributed by atoms with E-state index in [2.05, 4.69) is 20.5 Å². The summed E-state index contributed by atoms with van der Waals surface area (Å²) in [5, 5.41) is 20.0. The van der Waals surface area contributed by atoms with E-state index in [0.717, 1.165) is 5.69 Å². The van der Waals surface area contributed by atoms with Crippen molar-refractivity contribution in [3.63, 3.8) is 0 Å². The lowest BCUT2D eigenvalue weighted by Crippen LogP contribution is -2.50. The van der Waals surface area contributed by atoms with Crippen molar-refractivity contribution in [1.29, 1.82) is 0 Å². The number of likely N-dealkylation sites (tertiary alicyclic amines) is 1. The first kappa shape index (κ1) is 26.9. The number of hydrogen-bond donors (Lipinski definition) is 3. The standard InChI is InChI=1S/C26H29ClF3N5O2/c1-14-9-22(34-33-14)32-21-10-18(16(3)28)24(30)20(31-21)12-26(25(36)37)7-8-35(15(2)11-26)13-17-5-4-6-19(27)23(17)29/h4-6,9-10,15-16H,7-8,11-13H2,1-3H3,(H,36,37)(H2,31,32,33,34)/t15-,16?,26-/m1/s1. The smallest absolute Gasteiger partial charge is 0.310 e. The maximum atomic E-state index is 15.4. The Bertz CT molecular complexity index is 1300. The van der Waals surface area contributed by atoms with E-state index in [1.165, 1.54) is 19.1 Å². The minimum Gasteiger partial charge on any atom is -0.481 e. The number of carboxylic acids is 1. The average molecular weight is 536 g/mol. The van der Waals surface area contributed by atoms with Gasteiger partial charge in [-0.2, -0.15) is 5.10 Å². The second-order valence-corrected chi connectivity index (χ2v) is 10.2. The number of rotatable bonds is 8. The monoisotopic (exact) mass is 535 g/mol. The first-order valence-electron chi connectivity index (χ1n) is 12.0. The third-order valence-corrected chi connectivity index (χ3v) is 7.29. The van der Waals surface area contributed by atoms with Gasteiger partial charge in [-0.25, -0.2) is 18.2 Å². The van der Waals surface area contributed by atoms with Crippen molar-refractivity contribution >= 4 is 29.2 Å². The number of aryl methyl sites for hydroxylation is 1. The SMILES string of the molecule is Cc1cc(Nc2cc(C(C)F)c(F)c(C[C@@]3(C(=O)O)CCN(Cc4cccc(Cl)c4F)[C@H](C)C3)n2)n[nH]1. The van der Waals surface area contributed by atoms with Crippen LogP contribution in [0.3, 0.4) is 0 Å². The van der Waals surface area contributed by atoms with Crippen LogP contribution in [-0.2, 0) is 17.8 Å². The van der Waals surface area contributed by atoms with Crippen LogP contribution in [0.5, 0.6) is 0 Å². The van der Waals surface area contributed by atoms with Gasteiger partial charge in [0.1, 0.15) is 17.8 Å². The largest absolute Gasteiger partial charge is 0.481 e. The summed E-state index contributed by atoms with van der Waals surface area (Å²) in [6, 6.07) is 7.51. The number of aromatic nitrogens is 3. The topological polar surface area (TPSA) is 94.1 Å². The Morgan fingerprint density at radius 2 is 2.08 bits per heavy atom. The lowest BCUT2D eigenvalue weighted by atomic mass is 9.72. The molecular weight excluding hydrogens is 507 g/mol. The normalized spacial score (nSPS) is 21.1. The number of carboxylic acid groups (broad SMARTS) is 1. The van der Waals surface area contributed by atoms with Crippen LogP contribution in [0.1, 0.15) is 55.4 Å². The molecule has 37 heavy (non-hydrogen) atoms. The Hall–Kier alpha value is -3.11. The lowest BCUT2D eigenvalue weighted by Gasteiger charge is -2.43. The number of aromatic amines is 1. The summed E-state index contributed by atoms with van der Waals surface area (Å²) >= 11 is 5.91. The third kappa shape index (κ3) is 5.75. The number of pyridine rings is 1. The molecule has 198 valence electrons. The van der Waals surface area contributed by atoms with Crippen molar-refractivity contribution in [2.24, 2.45) is 5.41 Å². The fourth-order valence-electron chi connectivity index (χ4n) is 4.94. The molecule has 1 aromatic carbocycles. The molecular formula is C26H29ClF3N5O2. The molecule has 1 fully saturated rings. The van der Waals surface area contributed by atoms with Crippen LogP contribution >= 0.6 is 11.6 Å². The average Bonchev–Trinajstić information content (AvgIpc) is 3.24. The summed E-state index contributed by atoms with van der Waals surface area (Å²) in [6.45, 7) is 5.49. The van der Waals surface area contributed by atoms with E-state index in [0.29, 0.717) is 17.9 Å². The van der Waals surface area contributed by atoms with E-state index < -0.39 is 29.2 Å². The molecule has 0 saturated carbocycles. The van der Waals surface area contributed by atoms with Crippen molar-refractivity contribution in [3.8, 4) is 0 Å². The van der Waals surface area contributed by atoms with Gasteiger partial charge in [0.25, 0.3) is 0 Å². The van der Waals surface area contributed by atoms with E-state index in [1.807, 2.05) is 18.7 Å². The van der Waals surface area contributed by atoms with Crippen LogP contribution in [0.2, 0.25) is 5.02 Å². The fraction of sp³-hybridized carbons (Fsp3) is 0.423. The van der Waals surface area contributed by atoms with Gasteiger partial charge < -0.3 is 10.4 Å². The Labute approximate surface area is 218 Å². The van der Waals surface area contributed by atoms with E-state index in [1.54, 1.807) is 18.2 Å². The molecule has 1 saturated heterocycles. The second kappa shape index (κ2) is 10.7. The summed E-state index contributed by atoms with van der Waals surface area (Å²) in [6.07, 6.45) is -1.47. The number of anilines is 2. The van der Waals surface area contributed by atoms with Crippen LogP contribution in [-0.4, -0.2) is 43.7 Å². The zero-order valence-corrected chi connectivity index (χ0v) is 21.5. The maximum absolute atomic E-state index is 15.4. The molecule has 2 aromatic heterocycles. The number of aliphatic carboxylic acids is 1. The van der Waals surface area contributed by atoms with Gasteiger partial charge in [0.05, 0.1) is 16.1 Å². The van der Waals surface area contributed by atoms with Gasteiger partial charge >= 0.3 is 5.97 Å². The summed E-state index contributed by atoms with van der Waals surface area (Å²) < 4.78 is 44.1. The minimum atomic E-state index is -1.63. The lowest BCUT2D eigenvalue weighted by molar-refractivity contribution is -0.153. The Balaban J connectivity index is 1.60. The van der Waals surface area contributed by atoms with Gasteiger partial charge in [-0.1, -0.05) is 23.7 Å². The number of carbonyl (C=O) groups is 1. The highest BCUT2D eigenvalue weighted by Gasteiger charge is 2.45. The number of piperidine rings is 1. The number of nitrogens with one attached hydrogen (secondary N) is 2. The first-order chi connectivity index (χ1) is 17.5. The van der Waals surface area contributed by atoms with Gasteiger partial charge in [0.2, 0.25) is 0 Å². The Morgan fingerprint density at radius 3 is 2.70 bits per heavy atom. The van der Waals surface area contributed by atoms with Crippen LogP contribution in [0.4, 0.5) is 24.8 Å². The molecule has 0 spiro atoms. The molecule has 0 amide bonds. The number of benzene rings is 1. The highest BCUT2D eigenvalue weighted by atomic mass is 35.5. The van der Waals surface area contributed by atoms with Gasteiger partial charge in [-0.15, -0.1) is 0 Å². The van der Waals surface area contributed by atoms with Crippen molar-refractivity contribution in [3.05, 3.63) is 69.5 Å². The number of alkyl halides is 1. The zero-order valence-electron chi connectivity index (χ0n) is 20.8. The molecule has 11 heteroatoms. The first-order valence-corrected chi connectivity index (χ1v) is 12.4. The van der Waals surface area contributed by atoms with E-state index in [-0.39, 0.29) is 53.9 Å². The van der Waals surface area contributed by atoms with Gasteiger partial charge in [-0.3, -0.25) is 14.8 Å². The maximum Gasteiger partial charge on any atom is 0.310 e. The molecule has 3 atom stereocenters. The quantitative estimate of drug-likeness (QED) is 0.322. The predicted molar refractivity (Wildman–Crippen MR) is 135 cm³/mol. The van der Waals surface area contributed by atoms with Crippen molar-refractivity contribution in [1.82, 2.24) is 20.1 Å². The van der Waals surface area contributed by atoms with Crippen LogP contribution < -0.4 is 5.32 Å². The molecule has 3 N–H and O–H groups in total. The number of H-pyrrole nitrogens is 1. The summed E-state index contributed by atoms with van der Waals surface area (Å²) in [5.74, 6) is -1.84. The number of nitrogens with zero attached hydrogens (tertiary/aromatic N) is 3. The number of halogens is 4. The predicted octanol–water partition coefficient (Wildman–Crippen LogP) is 6.12. The summed E-state index contributed by atoms with van der Waals surface area (Å²) in [5.41, 5.74) is -0.450. The molecule has 1 aliphatic heterocycles. The van der Waals surface area contributed by atoms with E-state index in [4.69, 9.17) is 11.6 Å². The zero-order chi connectivity index (χ0) is 26.9.